The summed E-state index contributed by atoms with van der Waals surface area (Å²) in [6, 6.07) is 1.49. The van der Waals surface area contributed by atoms with Crippen molar-refractivity contribution in [2.75, 3.05) is 32.8 Å². The summed E-state index contributed by atoms with van der Waals surface area (Å²) < 4.78 is 7.95. The predicted octanol–water partition coefficient (Wildman–Crippen LogP) is 2.54. The third kappa shape index (κ3) is 4.21. The van der Waals surface area contributed by atoms with Gasteiger partial charge in [0.05, 0.1) is 35.5 Å². The van der Waals surface area contributed by atoms with Gasteiger partial charge in [0.25, 0.3) is 5.91 Å². The Balaban J connectivity index is 1.62. The average molecular weight is 404 g/mol. The van der Waals surface area contributed by atoms with E-state index in [9.17, 15) is 4.79 Å². The largest absolute Gasteiger partial charge is 0.373 e. The van der Waals surface area contributed by atoms with E-state index in [1.807, 2.05) is 24.3 Å². The van der Waals surface area contributed by atoms with Gasteiger partial charge in [-0.05, 0) is 32.0 Å². The molecule has 4 heterocycles. The summed E-state index contributed by atoms with van der Waals surface area (Å²) in [7, 11) is 1.89. The molecule has 0 spiro atoms. The number of hydrogen-bond acceptors (Lipinski definition) is 5. The molecule has 0 aliphatic carbocycles. The van der Waals surface area contributed by atoms with Crippen molar-refractivity contribution >= 4 is 17.5 Å². The van der Waals surface area contributed by atoms with Gasteiger partial charge in [-0.2, -0.15) is 5.10 Å². The lowest BCUT2D eigenvalue weighted by molar-refractivity contribution is -0.0741. The normalized spacial score (nSPS) is 23.7. The molecule has 28 heavy (non-hydrogen) atoms. The van der Waals surface area contributed by atoms with Gasteiger partial charge in [-0.25, -0.2) is 0 Å². The number of pyridine rings is 1. The topological polar surface area (TPSA) is 63.5 Å². The van der Waals surface area contributed by atoms with E-state index in [0.29, 0.717) is 23.7 Å². The Hall–Kier alpha value is -1.96. The monoisotopic (exact) mass is 403 g/mol. The lowest BCUT2D eigenvalue weighted by Crippen LogP contribution is -2.52. The lowest BCUT2D eigenvalue weighted by atomic mass is 9.98. The maximum absolute atomic E-state index is 13.3. The number of carbonyl (C=O) groups is 1. The Labute approximate surface area is 170 Å². The van der Waals surface area contributed by atoms with Crippen LogP contribution < -0.4 is 0 Å². The van der Waals surface area contributed by atoms with Crippen LogP contribution >= 0.6 is 11.6 Å². The summed E-state index contributed by atoms with van der Waals surface area (Å²) in [6.45, 7) is 4.05. The van der Waals surface area contributed by atoms with Crippen LogP contribution in [0.15, 0.2) is 30.9 Å². The zero-order valence-corrected chi connectivity index (χ0v) is 16.9. The molecule has 0 saturated carbocycles. The van der Waals surface area contributed by atoms with Gasteiger partial charge in [-0.1, -0.05) is 18.0 Å². The summed E-state index contributed by atoms with van der Waals surface area (Å²) in [5.41, 5.74) is 1.49. The standard InChI is InChI=1S/C20H26ClN5O2/c1-24-13-16(11-23-24)19-18(14-25-5-3-2-4-6-25)28-8-7-26(19)20(27)15-9-17(21)12-22-10-15/h9-13,18-19H,2-8,14H2,1H3/t18-,19-/m0/s1. The van der Waals surface area contributed by atoms with E-state index >= 15 is 0 Å². The number of piperidine rings is 1. The molecule has 0 unspecified atom stereocenters. The molecular weight excluding hydrogens is 378 g/mol. The van der Waals surface area contributed by atoms with Crippen molar-refractivity contribution in [3.8, 4) is 0 Å². The van der Waals surface area contributed by atoms with Crippen LogP contribution in [0.2, 0.25) is 5.02 Å². The number of likely N-dealkylation sites (tertiary alicyclic amines) is 1. The van der Waals surface area contributed by atoms with Crippen LogP contribution in [0.25, 0.3) is 0 Å². The van der Waals surface area contributed by atoms with Crippen LogP contribution in [-0.4, -0.2) is 69.4 Å². The molecule has 0 bridgehead atoms. The molecule has 150 valence electrons. The van der Waals surface area contributed by atoms with E-state index in [0.717, 1.165) is 25.2 Å². The molecule has 2 atom stereocenters. The zero-order valence-electron chi connectivity index (χ0n) is 16.1. The van der Waals surface area contributed by atoms with Crippen LogP contribution in [-0.2, 0) is 11.8 Å². The summed E-state index contributed by atoms with van der Waals surface area (Å²) in [5.74, 6) is -0.0733. The van der Waals surface area contributed by atoms with Crippen molar-refractivity contribution in [2.24, 2.45) is 7.05 Å². The first kappa shape index (κ1) is 19.4. The Bertz CT molecular complexity index is 820. The van der Waals surface area contributed by atoms with E-state index in [-0.39, 0.29) is 18.1 Å². The van der Waals surface area contributed by atoms with Crippen molar-refractivity contribution in [3.63, 3.8) is 0 Å². The molecule has 0 aromatic carbocycles. The van der Waals surface area contributed by atoms with Crippen LogP contribution in [0.1, 0.15) is 41.2 Å². The van der Waals surface area contributed by atoms with E-state index in [1.54, 1.807) is 16.9 Å². The fourth-order valence-electron chi connectivity index (χ4n) is 4.19. The van der Waals surface area contributed by atoms with Crippen LogP contribution in [0.4, 0.5) is 0 Å². The molecule has 2 aromatic heterocycles. The lowest BCUT2D eigenvalue weighted by Gasteiger charge is -2.43. The molecule has 4 rings (SSSR count). The van der Waals surface area contributed by atoms with Crippen LogP contribution in [0, 0.1) is 0 Å². The fraction of sp³-hybridized carbons (Fsp3) is 0.550. The third-order valence-electron chi connectivity index (χ3n) is 5.52. The number of amides is 1. The minimum Gasteiger partial charge on any atom is -0.373 e. The Morgan fingerprint density at radius 2 is 2.04 bits per heavy atom. The molecule has 2 saturated heterocycles. The number of carbonyl (C=O) groups excluding carboxylic acids is 1. The zero-order chi connectivity index (χ0) is 19.5. The quantitative estimate of drug-likeness (QED) is 0.785. The van der Waals surface area contributed by atoms with Crippen LogP contribution in [0.5, 0.6) is 0 Å². The molecule has 0 radical (unpaired) electrons. The van der Waals surface area contributed by atoms with Crippen molar-refractivity contribution in [3.05, 3.63) is 47.0 Å². The van der Waals surface area contributed by atoms with Gasteiger partial charge in [-0.15, -0.1) is 0 Å². The van der Waals surface area contributed by atoms with Gasteiger partial charge in [0.2, 0.25) is 0 Å². The molecule has 2 fully saturated rings. The van der Waals surface area contributed by atoms with Gasteiger partial charge in [0.15, 0.2) is 0 Å². The van der Waals surface area contributed by atoms with Crippen molar-refractivity contribution in [1.29, 1.82) is 0 Å². The summed E-state index contributed by atoms with van der Waals surface area (Å²) in [5, 5.41) is 4.79. The van der Waals surface area contributed by atoms with Crippen LogP contribution in [0.3, 0.4) is 0 Å². The molecule has 2 aliphatic heterocycles. The highest BCUT2D eigenvalue weighted by atomic mass is 35.5. The van der Waals surface area contributed by atoms with Gasteiger partial charge in [-0.3, -0.25) is 14.5 Å². The average Bonchev–Trinajstić information content (AvgIpc) is 3.14. The second-order valence-corrected chi connectivity index (χ2v) is 7.99. The van der Waals surface area contributed by atoms with E-state index in [4.69, 9.17) is 16.3 Å². The first-order valence-electron chi connectivity index (χ1n) is 9.86. The number of morpholine rings is 1. The number of nitrogens with zero attached hydrogens (tertiary/aromatic N) is 5. The highest BCUT2D eigenvalue weighted by Crippen LogP contribution is 2.32. The Morgan fingerprint density at radius 1 is 1.21 bits per heavy atom. The molecule has 2 aliphatic rings. The Morgan fingerprint density at radius 3 is 2.75 bits per heavy atom. The first-order valence-corrected chi connectivity index (χ1v) is 10.2. The smallest absolute Gasteiger partial charge is 0.256 e. The van der Waals surface area contributed by atoms with Gasteiger partial charge < -0.3 is 14.5 Å². The van der Waals surface area contributed by atoms with Gasteiger partial charge >= 0.3 is 0 Å². The van der Waals surface area contributed by atoms with E-state index in [1.165, 1.54) is 25.5 Å². The number of rotatable bonds is 4. The summed E-state index contributed by atoms with van der Waals surface area (Å²) in [6.07, 6.45) is 10.6. The number of halogens is 1. The first-order chi connectivity index (χ1) is 13.6. The minimum absolute atomic E-state index is 0.0733. The minimum atomic E-state index is -0.184. The fourth-order valence-corrected chi connectivity index (χ4v) is 4.37. The number of aromatic nitrogens is 3. The molecule has 0 N–H and O–H groups in total. The third-order valence-corrected chi connectivity index (χ3v) is 5.72. The maximum Gasteiger partial charge on any atom is 0.256 e. The van der Waals surface area contributed by atoms with Gasteiger partial charge in [0, 0.05) is 44.3 Å². The number of ether oxygens (including phenoxy) is 1. The maximum atomic E-state index is 13.3. The summed E-state index contributed by atoms with van der Waals surface area (Å²) in [4.78, 5) is 21.7. The second-order valence-electron chi connectivity index (χ2n) is 7.55. The van der Waals surface area contributed by atoms with Crippen molar-refractivity contribution in [2.45, 2.75) is 31.4 Å². The predicted molar refractivity (Wildman–Crippen MR) is 106 cm³/mol. The summed E-state index contributed by atoms with van der Waals surface area (Å²) >= 11 is 6.06. The second kappa shape index (κ2) is 8.59. The molecule has 8 heteroatoms. The Kier molecular flexibility index (Phi) is 5.94. The number of hydrogen-bond donors (Lipinski definition) is 0. The molecule has 2 aromatic rings. The highest BCUT2D eigenvalue weighted by molar-refractivity contribution is 6.30. The van der Waals surface area contributed by atoms with Gasteiger partial charge in [0.1, 0.15) is 0 Å². The molecular formula is C20H26ClN5O2. The highest BCUT2D eigenvalue weighted by Gasteiger charge is 2.38. The molecule has 1 amide bonds. The molecule has 7 nitrogen and oxygen atoms in total. The van der Waals surface area contributed by atoms with E-state index < -0.39 is 0 Å². The van der Waals surface area contributed by atoms with Crippen molar-refractivity contribution in [1.82, 2.24) is 24.6 Å². The van der Waals surface area contributed by atoms with Crippen molar-refractivity contribution < 1.29 is 9.53 Å². The number of aryl methyl sites for hydroxylation is 1. The van der Waals surface area contributed by atoms with E-state index in [2.05, 4.69) is 15.0 Å². The SMILES string of the molecule is Cn1cc([C@H]2[C@H](CN3CCCCC3)OCCN2C(=O)c2cncc(Cl)c2)cn1.